The Morgan fingerprint density at radius 1 is 0.846 bits per heavy atom. The number of urea groups is 1. The van der Waals surface area contributed by atoms with Gasteiger partial charge in [0.05, 0.1) is 38.1 Å². The number of unbranched alkanes of at least 4 members (excludes halogenated alkanes) is 3. The van der Waals surface area contributed by atoms with Crippen molar-refractivity contribution in [3.63, 3.8) is 0 Å². The predicted molar refractivity (Wildman–Crippen MR) is 200 cm³/mol. The number of benzene rings is 3. The van der Waals surface area contributed by atoms with Crippen LogP contribution in [0, 0.1) is 0 Å². The molecule has 3 aromatic carbocycles. The van der Waals surface area contributed by atoms with E-state index in [1.807, 2.05) is 50.2 Å². The standard InChI is InChI=1S/C40H49N5O7/c1-40(2)51-28-32-23-30(15-16-37(32)52-40)36(46)26-42-17-5-3-4-6-19-49-20-21-50-27-29-10-7-12-33(22-29)44-39(48)45-35-14-8-13-34(24-35)43-38(47)31-11-9-18-41-25-31/h7-16,18,22-25,36,42,46H,3-6,17,19-21,26-28H2,1-2H3,(H,43,47)(H2,44,45,48). The minimum atomic E-state index is -0.629. The highest BCUT2D eigenvalue weighted by atomic mass is 16.7. The van der Waals surface area contributed by atoms with Gasteiger partial charge in [0, 0.05) is 62.0 Å². The summed E-state index contributed by atoms with van der Waals surface area (Å²) in [7, 11) is 0. The zero-order valence-electron chi connectivity index (χ0n) is 29.9. The van der Waals surface area contributed by atoms with Crippen LogP contribution in [-0.2, 0) is 27.4 Å². The van der Waals surface area contributed by atoms with E-state index in [2.05, 4.69) is 26.3 Å². The summed E-state index contributed by atoms with van der Waals surface area (Å²) in [4.78, 5) is 29.0. The number of ether oxygens (including phenoxy) is 4. The van der Waals surface area contributed by atoms with Crippen LogP contribution in [0.3, 0.4) is 0 Å². The smallest absolute Gasteiger partial charge is 0.323 e. The summed E-state index contributed by atoms with van der Waals surface area (Å²) >= 11 is 0. The van der Waals surface area contributed by atoms with Crippen molar-refractivity contribution in [2.24, 2.45) is 0 Å². The third kappa shape index (κ3) is 12.7. The topological polar surface area (TPSA) is 152 Å². The van der Waals surface area contributed by atoms with Gasteiger partial charge in [-0.3, -0.25) is 9.78 Å². The molecule has 2 heterocycles. The molecule has 52 heavy (non-hydrogen) atoms. The van der Waals surface area contributed by atoms with E-state index < -0.39 is 17.9 Å². The molecule has 1 unspecified atom stereocenters. The quantitative estimate of drug-likeness (QED) is 0.0645. The van der Waals surface area contributed by atoms with Crippen LogP contribution in [0.1, 0.15) is 72.7 Å². The SMILES string of the molecule is CC1(C)OCc2cc(C(O)CNCCCCCCOCCOCc3cccc(NC(=O)Nc4cccc(NC(=O)c5cccnc5)c4)c3)ccc2O1. The highest BCUT2D eigenvalue weighted by Crippen LogP contribution is 2.33. The Bertz CT molecular complexity index is 1740. The number of pyridine rings is 1. The number of aliphatic hydroxyl groups excluding tert-OH is 1. The normalized spacial score (nSPS) is 13.8. The van der Waals surface area contributed by atoms with Crippen LogP contribution in [0.25, 0.3) is 0 Å². The average Bonchev–Trinajstić information content (AvgIpc) is 3.13. The summed E-state index contributed by atoms with van der Waals surface area (Å²) in [6.07, 6.45) is 6.69. The van der Waals surface area contributed by atoms with E-state index in [0.29, 0.717) is 62.2 Å². The number of hydrogen-bond acceptors (Lipinski definition) is 9. The van der Waals surface area contributed by atoms with Gasteiger partial charge in [0.1, 0.15) is 5.75 Å². The molecule has 0 radical (unpaired) electrons. The molecule has 5 N–H and O–H groups in total. The molecule has 276 valence electrons. The Morgan fingerprint density at radius 3 is 2.40 bits per heavy atom. The first kappa shape index (κ1) is 38.4. The second-order valence-electron chi connectivity index (χ2n) is 13.0. The van der Waals surface area contributed by atoms with Crippen LogP contribution in [0.4, 0.5) is 21.9 Å². The van der Waals surface area contributed by atoms with Crippen molar-refractivity contribution in [1.29, 1.82) is 0 Å². The monoisotopic (exact) mass is 711 g/mol. The van der Waals surface area contributed by atoms with Gasteiger partial charge in [-0.2, -0.15) is 0 Å². The number of rotatable bonds is 19. The number of anilines is 3. The lowest BCUT2D eigenvalue weighted by atomic mass is 10.0. The first-order valence-electron chi connectivity index (χ1n) is 17.7. The van der Waals surface area contributed by atoms with Gasteiger partial charge in [-0.15, -0.1) is 0 Å². The fraction of sp³-hybridized carbons (Fsp3) is 0.375. The van der Waals surface area contributed by atoms with Gasteiger partial charge in [0.25, 0.3) is 5.91 Å². The summed E-state index contributed by atoms with van der Waals surface area (Å²) < 4.78 is 23.1. The molecular formula is C40H49N5O7. The summed E-state index contributed by atoms with van der Waals surface area (Å²) in [6, 6.07) is 23.1. The molecule has 12 nitrogen and oxygen atoms in total. The third-order valence-corrected chi connectivity index (χ3v) is 8.26. The lowest BCUT2D eigenvalue weighted by molar-refractivity contribution is -0.180. The Labute approximate surface area is 305 Å². The molecule has 0 saturated carbocycles. The highest BCUT2D eigenvalue weighted by Gasteiger charge is 2.27. The summed E-state index contributed by atoms with van der Waals surface area (Å²) in [5.41, 5.74) is 4.89. The van der Waals surface area contributed by atoms with E-state index in [0.717, 1.165) is 54.7 Å². The second kappa shape index (κ2) is 19.7. The number of nitrogens with one attached hydrogen (secondary N) is 4. The molecule has 0 bridgehead atoms. The van der Waals surface area contributed by atoms with Crippen molar-refractivity contribution in [2.75, 3.05) is 48.9 Å². The second-order valence-corrected chi connectivity index (χ2v) is 13.0. The predicted octanol–water partition coefficient (Wildman–Crippen LogP) is 7.04. The van der Waals surface area contributed by atoms with E-state index in [1.165, 1.54) is 6.20 Å². The van der Waals surface area contributed by atoms with E-state index in [-0.39, 0.29) is 5.91 Å². The lowest BCUT2D eigenvalue weighted by Gasteiger charge is -2.33. The molecule has 5 rings (SSSR count). The van der Waals surface area contributed by atoms with Crippen molar-refractivity contribution in [1.82, 2.24) is 10.3 Å². The molecule has 0 aliphatic carbocycles. The van der Waals surface area contributed by atoms with Crippen LogP contribution in [0.15, 0.2) is 91.3 Å². The van der Waals surface area contributed by atoms with Crippen LogP contribution in [0.2, 0.25) is 0 Å². The van der Waals surface area contributed by atoms with Gasteiger partial charge in [0.15, 0.2) is 0 Å². The van der Waals surface area contributed by atoms with Crippen molar-refractivity contribution in [2.45, 2.75) is 64.6 Å². The lowest BCUT2D eigenvalue weighted by Crippen LogP contribution is -2.35. The fourth-order valence-corrected chi connectivity index (χ4v) is 5.55. The summed E-state index contributed by atoms with van der Waals surface area (Å²) in [5, 5.41) is 22.4. The van der Waals surface area contributed by atoms with Gasteiger partial charge in [0.2, 0.25) is 5.79 Å². The Hall–Kier alpha value is -4.85. The number of carbonyl (C=O) groups excluding carboxylic acids is 2. The molecule has 0 fully saturated rings. The van der Waals surface area contributed by atoms with Crippen LogP contribution < -0.4 is 26.0 Å². The summed E-state index contributed by atoms with van der Waals surface area (Å²) in [5.74, 6) is -0.107. The maximum Gasteiger partial charge on any atom is 0.323 e. The minimum absolute atomic E-state index is 0.287. The zero-order valence-corrected chi connectivity index (χ0v) is 29.9. The Morgan fingerprint density at radius 2 is 1.60 bits per heavy atom. The molecule has 1 atom stereocenters. The largest absolute Gasteiger partial charge is 0.463 e. The minimum Gasteiger partial charge on any atom is -0.463 e. The average molecular weight is 712 g/mol. The maximum atomic E-state index is 12.7. The molecular weight excluding hydrogens is 662 g/mol. The molecule has 1 aliphatic rings. The summed E-state index contributed by atoms with van der Waals surface area (Å²) in [6.45, 7) is 7.67. The highest BCUT2D eigenvalue weighted by molar-refractivity contribution is 6.05. The first-order chi connectivity index (χ1) is 25.2. The number of carbonyl (C=O) groups is 2. The zero-order chi connectivity index (χ0) is 36.6. The van der Waals surface area contributed by atoms with E-state index >= 15 is 0 Å². The molecule has 0 saturated heterocycles. The number of aliphatic hydroxyl groups is 1. The van der Waals surface area contributed by atoms with Gasteiger partial charge in [-0.1, -0.05) is 37.1 Å². The molecule has 12 heteroatoms. The number of aromatic nitrogens is 1. The Balaban J connectivity index is 0.874. The van der Waals surface area contributed by atoms with Gasteiger partial charge in [-0.05, 0) is 85.1 Å². The van der Waals surface area contributed by atoms with Gasteiger partial charge >= 0.3 is 6.03 Å². The maximum absolute atomic E-state index is 12.7. The van der Waals surface area contributed by atoms with Crippen LogP contribution in [-0.4, -0.2) is 60.7 Å². The first-order valence-corrected chi connectivity index (χ1v) is 17.7. The van der Waals surface area contributed by atoms with E-state index in [9.17, 15) is 14.7 Å². The number of nitrogens with zero attached hydrogens (tertiary/aromatic N) is 1. The molecule has 3 amide bonds. The van der Waals surface area contributed by atoms with E-state index in [4.69, 9.17) is 18.9 Å². The number of amides is 3. The van der Waals surface area contributed by atoms with Gasteiger partial charge in [-0.25, -0.2) is 4.79 Å². The van der Waals surface area contributed by atoms with Crippen molar-refractivity contribution in [3.05, 3.63) is 114 Å². The van der Waals surface area contributed by atoms with Crippen LogP contribution in [0.5, 0.6) is 5.75 Å². The third-order valence-electron chi connectivity index (χ3n) is 8.26. The fourth-order valence-electron chi connectivity index (χ4n) is 5.55. The molecule has 1 aromatic heterocycles. The van der Waals surface area contributed by atoms with Crippen molar-refractivity contribution in [3.8, 4) is 5.75 Å². The van der Waals surface area contributed by atoms with Crippen molar-refractivity contribution < 1.29 is 33.6 Å². The van der Waals surface area contributed by atoms with Gasteiger partial charge < -0.3 is 45.3 Å². The van der Waals surface area contributed by atoms with Crippen LogP contribution >= 0.6 is 0 Å². The number of hydrogen-bond donors (Lipinski definition) is 5. The molecule has 4 aromatic rings. The van der Waals surface area contributed by atoms with Crippen molar-refractivity contribution >= 4 is 29.0 Å². The number of fused-ring (bicyclic) bond motifs is 1. The molecule has 0 spiro atoms. The van der Waals surface area contributed by atoms with E-state index in [1.54, 1.807) is 48.7 Å². The Kier molecular flexibility index (Phi) is 14.5. The molecule has 1 aliphatic heterocycles.